The number of hydrogen-bond acceptors (Lipinski definition) is 3. The smallest absolute Gasteiger partial charge is 0.123 e. The summed E-state index contributed by atoms with van der Waals surface area (Å²) in [6.07, 6.45) is 0.549. The molecule has 2 atom stereocenters. The molecule has 0 spiro atoms. The highest BCUT2D eigenvalue weighted by atomic mass is 79.9. The van der Waals surface area contributed by atoms with Crippen LogP contribution in [0.3, 0.4) is 0 Å². The maximum Gasteiger partial charge on any atom is 0.123 e. The van der Waals surface area contributed by atoms with Crippen LogP contribution in [0.2, 0.25) is 0 Å². The standard InChI is InChI=1S/C33H32BrNO2/c1-35(2)19-18-33(36,30-15-9-13-23-10-7-8-14-28(23)30)32(24-11-5-4-6-12-24)29-21-26-20-27(34)17-16-25(26)22-31(29)37-3/h4-17,20-22,32,36H,18-19H2,1-3H3/t32-,33+/m1/s1. The van der Waals surface area contributed by atoms with Gasteiger partial charge in [0.1, 0.15) is 11.4 Å². The Kier molecular flexibility index (Phi) is 7.34. The first-order valence-corrected chi connectivity index (χ1v) is 13.4. The van der Waals surface area contributed by atoms with Gasteiger partial charge < -0.3 is 14.7 Å². The molecular weight excluding hydrogens is 522 g/mol. The lowest BCUT2D eigenvalue weighted by atomic mass is 9.70. The van der Waals surface area contributed by atoms with Gasteiger partial charge in [-0.3, -0.25) is 0 Å². The molecule has 0 amide bonds. The van der Waals surface area contributed by atoms with Crippen LogP contribution < -0.4 is 4.74 Å². The Balaban J connectivity index is 1.84. The molecular formula is C33H32BrNO2. The number of rotatable bonds is 8. The highest BCUT2D eigenvalue weighted by molar-refractivity contribution is 9.10. The predicted molar refractivity (Wildman–Crippen MR) is 158 cm³/mol. The number of aliphatic hydroxyl groups is 1. The first-order chi connectivity index (χ1) is 17.9. The van der Waals surface area contributed by atoms with Gasteiger partial charge in [-0.1, -0.05) is 94.8 Å². The lowest BCUT2D eigenvalue weighted by Crippen LogP contribution is -2.38. The fourth-order valence-corrected chi connectivity index (χ4v) is 5.84. The number of hydrogen-bond donors (Lipinski definition) is 1. The van der Waals surface area contributed by atoms with Crippen LogP contribution in [0.5, 0.6) is 5.75 Å². The van der Waals surface area contributed by atoms with Gasteiger partial charge >= 0.3 is 0 Å². The molecule has 0 fully saturated rings. The zero-order valence-corrected chi connectivity index (χ0v) is 23.1. The van der Waals surface area contributed by atoms with Crippen LogP contribution in [0, 0.1) is 0 Å². The fourth-order valence-electron chi connectivity index (χ4n) is 5.46. The molecule has 0 radical (unpaired) electrons. The van der Waals surface area contributed by atoms with Crippen molar-refractivity contribution in [3.63, 3.8) is 0 Å². The first kappa shape index (κ1) is 25.5. The summed E-state index contributed by atoms with van der Waals surface area (Å²) in [5.41, 5.74) is 1.73. The maximum atomic E-state index is 13.1. The van der Waals surface area contributed by atoms with E-state index in [-0.39, 0.29) is 5.92 Å². The summed E-state index contributed by atoms with van der Waals surface area (Å²) in [6, 6.07) is 35.4. The van der Waals surface area contributed by atoms with Crippen LogP contribution in [0.25, 0.3) is 21.5 Å². The van der Waals surface area contributed by atoms with Gasteiger partial charge in [-0.25, -0.2) is 0 Å². The van der Waals surface area contributed by atoms with Crippen molar-refractivity contribution >= 4 is 37.5 Å². The fraction of sp³-hybridized carbons (Fsp3) is 0.212. The van der Waals surface area contributed by atoms with Gasteiger partial charge in [0.2, 0.25) is 0 Å². The van der Waals surface area contributed by atoms with Gasteiger partial charge in [0.05, 0.1) is 7.11 Å². The molecule has 3 nitrogen and oxygen atoms in total. The zero-order chi connectivity index (χ0) is 26.0. The van der Waals surface area contributed by atoms with Crippen molar-refractivity contribution in [3.8, 4) is 5.75 Å². The van der Waals surface area contributed by atoms with Crippen LogP contribution in [-0.2, 0) is 5.60 Å². The predicted octanol–water partition coefficient (Wildman–Crippen LogP) is 7.74. The van der Waals surface area contributed by atoms with E-state index in [0.717, 1.165) is 55.0 Å². The minimum atomic E-state index is -1.21. The largest absolute Gasteiger partial charge is 0.496 e. The van der Waals surface area contributed by atoms with E-state index in [1.54, 1.807) is 7.11 Å². The average molecular weight is 555 g/mol. The molecule has 5 rings (SSSR count). The van der Waals surface area contributed by atoms with Crippen LogP contribution >= 0.6 is 15.9 Å². The Morgan fingerprint density at radius 3 is 2.30 bits per heavy atom. The van der Waals surface area contributed by atoms with E-state index in [4.69, 9.17) is 4.74 Å². The Morgan fingerprint density at radius 1 is 0.811 bits per heavy atom. The molecule has 0 aliphatic rings. The maximum absolute atomic E-state index is 13.1. The monoisotopic (exact) mass is 553 g/mol. The lowest BCUT2D eigenvalue weighted by molar-refractivity contribution is 0.00534. The van der Waals surface area contributed by atoms with E-state index >= 15 is 0 Å². The summed E-state index contributed by atoms with van der Waals surface area (Å²) in [7, 11) is 5.81. The molecule has 0 heterocycles. The van der Waals surface area contributed by atoms with Crippen molar-refractivity contribution in [3.05, 3.63) is 124 Å². The summed E-state index contributed by atoms with van der Waals surface area (Å²) >= 11 is 3.63. The number of methoxy groups -OCH3 is 1. The van der Waals surface area contributed by atoms with E-state index in [9.17, 15) is 5.11 Å². The van der Waals surface area contributed by atoms with Gasteiger partial charge in [0.15, 0.2) is 0 Å². The zero-order valence-electron chi connectivity index (χ0n) is 21.5. The van der Waals surface area contributed by atoms with Crippen LogP contribution in [0.1, 0.15) is 29.0 Å². The van der Waals surface area contributed by atoms with E-state index in [0.29, 0.717) is 6.42 Å². The minimum absolute atomic E-state index is 0.363. The van der Waals surface area contributed by atoms with Gasteiger partial charge in [-0.05, 0) is 77.5 Å². The quantitative estimate of drug-likeness (QED) is 0.213. The lowest BCUT2D eigenvalue weighted by Gasteiger charge is -2.40. The third-order valence-corrected chi connectivity index (χ3v) is 7.76. The van der Waals surface area contributed by atoms with Crippen molar-refractivity contribution in [2.75, 3.05) is 27.7 Å². The molecule has 0 saturated carbocycles. The van der Waals surface area contributed by atoms with E-state index in [1.165, 1.54) is 0 Å². The number of fused-ring (bicyclic) bond motifs is 2. The van der Waals surface area contributed by atoms with Crippen molar-refractivity contribution < 1.29 is 9.84 Å². The van der Waals surface area contributed by atoms with Crippen molar-refractivity contribution in [1.82, 2.24) is 4.90 Å². The average Bonchev–Trinajstić information content (AvgIpc) is 2.92. The van der Waals surface area contributed by atoms with Crippen LogP contribution in [-0.4, -0.2) is 37.8 Å². The van der Waals surface area contributed by atoms with Crippen molar-refractivity contribution in [1.29, 1.82) is 0 Å². The summed E-state index contributed by atoms with van der Waals surface area (Å²) < 4.78 is 7.01. The number of ether oxygens (including phenoxy) is 1. The summed E-state index contributed by atoms with van der Waals surface area (Å²) in [5.74, 6) is 0.407. The molecule has 0 unspecified atom stereocenters. The third-order valence-electron chi connectivity index (χ3n) is 7.27. The second-order valence-electron chi connectivity index (χ2n) is 9.93. The molecule has 0 aromatic heterocycles. The topological polar surface area (TPSA) is 32.7 Å². The Hall–Kier alpha value is -3.18. The highest BCUT2D eigenvalue weighted by Gasteiger charge is 2.42. The molecule has 0 saturated heterocycles. The molecule has 0 bridgehead atoms. The Labute approximate surface area is 227 Å². The number of benzene rings is 5. The Bertz CT molecular complexity index is 1530. The summed E-state index contributed by atoms with van der Waals surface area (Å²) in [5, 5.41) is 17.4. The molecule has 1 N–H and O–H groups in total. The van der Waals surface area contributed by atoms with Gasteiger partial charge in [0, 0.05) is 22.5 Å². The second-order valence-corrected chi connectivity index (χ2v) is 10.8. The summed E-state index contributed by atoms with van der Waals surface area (Å²) in [4.78, 5) is 2.13. The highest BCUT2D eigenvalue weighted by Crippen LogP contribution is 2.49. The normalized spacial score (nSPS) is 14.1. The molecule has 4 heteroatoms. The molecule has 0 aliphatic carbocycles. The molecule has 37 heavy (non-hydrogen) atoms. The van der Waals surface area contributed by atoms with Crippen molar-refractivity contribution in [2.24, 2.45) is 0 Å². The summed E-state index contributed by atoms with van der Waals surface area (Å²) in [6.45, 7) is 0.727. The molecule has 0 aliphatic heterocycles. The third kappa shape index (κ3) is 5.02. The molecule has 5 aromatic rings. The first-order valence-electron chi connectivity index (χ1n) is 12.6. The van der Waals surface area contributed by atoms with E-state index < -0.39 is 5.60 Å². The van der Waals surface area contributed by atoms with E-state index in [1.807, 2.05) is 36.4 Å². The second kappa shape index (κ2) is 10.7. The number of halogens is 1. The Morgan fingerprint density at radius 2 is 1.54 bits per heavy atom. The SMILES string of the molecule is COc1cc2ccc(Br)cc2cc1[C@@H](c1ccccc1)[C@](O)(CCN(C)C)c1cccc2ccccc12. The van der Waals surface area contributed by atoms with E-state index in [2.05, 4.69) is 102 Å². The molecule has 5 aromatic carbocycles. The van der Waals surface area contributed by atoms with Gasteiger partial charge in [-0.15, -0.1) is 0 Å². The number of nitrogens with zero attached hydrogens (tertiary/aromatic N) is 1. The molecule has 188 valence electrons. The van der Waals surface area contributed by atoms with Crippen LogP contribution in [0.15, 0.2) is 108 Å². The van der Waals surface area contributed by atoms with Crippen molar-refractivity contribution in [2.45, 2.75) is 17.9 Å². The van der Waals surface area contributed by atoms with Gasteiger partial charge in [0.25, 0.3) is 0 Å². The minimum Gasteiger partial charge on any atom is -0.496 e. The van der Waals surface area contributed by atoms with Gasteiger partial charge in [-0.2, -0.15) is 0 Å². The van der Waals surface area contributed by atoms with Crippen LogP contribution in [0.4, 0.5) is 0 Å².